The molecule has 0 radical (unpaired) electrons. The fourth-order valence-corrected chi connectivity index (χ4v) is 10.7. The van der Waals surface area contributed by atoms with Gasteiger partial charge in [-0.1, -0.05) is 36.0 Å². The molecule has 1 amide bonds. The summed E-state index contributed by atoms with van der Waals surface area (Å²) in [6.07, 6.45) is 8.78. The zero-order valence-corrected chi connectivity index (χ0v) is 47.7. The molecule has 23 heteroatoms. The van der Waals surface area contributed by atoms with Crippen LogP contribution in [0.5, 0.6) is 17.2 Å². The second-order valence-corrected chi connectivity index (χ2v) is 21.4. The molecule has 0 aliphatic heterocycles. The molecule has 0 saturated heterocycles. The molecule has 5 aromatic rings. The normalized spacial score (nSPS) is 18.3. The number of aromatic nitrogens is 6. The summed E-state index contributed by atoms with van der Waals surface area (Å²) in [4.78, 5) is 71.1. The summed E-state index contributed by atoms with van der Waals surface area (Å²) in [5, 5.41) is 19.8. The monoisotopic (exact) mass is 1130 g/mol. The van der Waals surface area contributed by atoms with E-state index in [1.54, 1.807) is 42.9 Å². The number of amides is 1. The van der Waals surface area contributed by atoms with Crippen LogP contribution in [0, 0.1) is 35.8 Å². The summed E-state index contributed by atoms with van der Waals surface area (Å²) in [7, 11) is 5.22. The number of nitrogens with zero attached hydrogens (tertiary/aromatic N) is 8. The highest BCUT2D eigenvalue weighted by molar-refractivity contribution is 6.32. The van der Waals surface area contributed by atoms with E-state index in [0.717, 1.165) is 64.2 Å². The minimum Gasteiger partial charge on any atom is -0.489 e. The predicted octanol–water partition coefficient (Wildman–Crippen LogP) is 11.8. The summed E-state index contributed by atoms with van der Waals surface area (Å²) in [6.45, 7) is 10.9. The highest BCUT2D eigenvalue weighted by atomic mass is 35.5. The molecule has 0 N–H and O–H groups in total. The number of hydrogen-bond acceptors (Lipinski definition) is 17. The van der Waals surface area contributed by atoms with Crippen LogP contribution in [-0.2, 0) is 55.8 Å². The van der Waals surface area contributed by atoms with Gasteiger partial charge in [-0.3, -0.25) is 29.1 Å². The summed E-state index contributed by atoms with van der Waals surface area (Å²) < 4.78 is 42.4. The van der Waals surface area contributed by atoms with Gasteiger partial charge in [0.2, 0.25) is 0 Å². The highest BCUT2D eigenvalue weighted by Gasteiger charge is 2.33. The highest BCUT2D eigenvalue weighted by Crippen LogP contribution is 2.37. The van der Waals surface area contributed by atoms with Crippen LogP contribution in [0.15, 0.2) is 48.5 Å². The zero-order valence-electron chi connectivity index (χ0n) is 46.2. The minimum absolute atomic E-state index is 0.0381. The van der Waals surface area contributed by atoms with E-state index in [1.165, 1.54) is 28.9 Å². The molecule has 3 saturated carbocycles. The van der Waals surface area contributed by atoms with Crippen molar-refractivity contribution in [3.63, 3.8) is 0 Å². The first-order valence-electron chi connectivity index (χ1n) is 26.8. The van der Waals surface area contributed by atoms with Crippen LogP contribution in [0.1, 0.15) is 128 Å². The SMILES string of the molecule is Cc1nc(-c2c(Cl)nn(C)c2COC(=O)N(C)C2CCCC2)ccc1O[C@H]1CCC[C@H](C(=O)OC(C)C)C1.Cc1nc(-c2c(Cl)nn(C)c2COC(=O)Oc2ccc([N+](=O)[O-])cc2)ccc1O[C@H]1CCC[C@H](C(=O)OC(C)C)C1. The van der Waals surface area contributed by atoms with E-state index in [1.807, 2.05) is 53.7 Å². The Morgan fingerprint density at radius 3 is 1.56 bits per heavy atom. The van der Waals surface area contributed by atoms with Gasteiger partial charge in [-0.05, 0) is 142 Å². The lowest BCUT2D eigenvalue weighted by molar-refractivity contribution is -0.384. The van der Waals surface area contributed by atoms with Crippen LogP contribution in [-0.4, -0.2) is 101 Å². The van der Waals surface area contributed by atoms with Crippen molar-refractivity contribution in [3.05, 3.63) is 91.7 Å². The van der Waals surface area contributed by atoms with Crippen molar-refractivity contribution < 1.29 is 57.3 Å². The molecule has 21 nitrogen and oxygen atoms in total. The van der Waals surface area contributed by atoms with Crippen molar-refractivity contribution >= 4 is 53.1 Å². The number of pyridine rings is 2. The summed E-state index contributed by atoms with van der Waals surface area (Å²) >= 11 is 12.9. The lowest BCUT2D eigenvalue weighted by Crippen LogP contribution is -2.35. The third-order valence-corrected chi connectivity index (χ3v) is 14.6. The Hall–Kier alpha value is -7.00. The maximum absolute atomic E-state index is 12.7. The van der Waals surface area contributed by atoms with Crippen LogP contribution >= 0.6 is 23.2 Å². The Morgan fingerprint density at radius 1 is 0.671 bits per heavy atom. The number of benzene rings is 1. The van der Waals surface area contributed by atoms with Gasteiger partial charge in [0.25, 0.3) is 5.69 Å². The second-order valence-electron chi connectivity index (χ2n) is 20.7. The number of nitro benzene ring substituents is 1. The van der Waals surface area contributed by atoms with Crippen LogP contribution < -0.4 is 14.2 Å². The molecule has 4 atom stereocenters. The molecular formula is C56H70Cl2N8O13. The first-order valence-corrected chi connectivity index (χ1v) is 27.5. The zero-order chi connectivity index (χ0) is 57.1. The molecular weight excluding hydrogens is 1060 g/mol. The van der Waals surface area contributed by atoms with Crippen LogP contribution in [0.25, 0.3) is 22.5 Å². The smallest absolute Gasteiger partial charge is 0.489 e. The third-order valence-electron chi connectivity index (χ3n) is 14.1. The average Bonchev–Trinajstić information content (AvgIpc) is 4.23. The molecule has 0 spiro atoms. The first-order chi connectivity index (χ1) is 37.6. The molecule has 0 bridgehead atoms. The van der Waals surface area contributed by atoms with Crippen molar-refractivity contribution in [3.8, 4) is 39.8 Å². The minimum atomic E-state index is -1.00. The van der Waals surface area contributed by atoms with Crippen molar-refractivity contribution in [2.75, 3.05) is 7.05 Å². The Bertz CT molecular complexity index is 2960. The molecule has 3 aliphatic carbocycles. The largest absolute Gasteiger partial charge is 0.514 e. The standard InChI is InChI=1S/C28H31ClN4O8.C28H39ClN4O5/c1-16(2)39-27(34)18-6-5-7-21(14-18)40-24-13-12-22(30-17(24)3)25-23(32(4)31-26(25)29)15-38-28(35)41-20-10-8-19(9-11-20)33(36)37;1-17(2)37-27(34)19-9-8-12-21(15-19)38-24-14-13-22(30-18(24)3)25-23(33(5)31-26(25)29)16-36-28(35)32(4)20-10-6-7-11-20/h8-13,16,18,21H,5-7,14-15H2,1-4H3;13-14,17,19-21H,6-12,15-16H2,1-5H3/t18-,21-;19-,21-/m00/s1. The molecule has 4 aromatic heterocycles. The third kappa shape index (κ3) is 15.9. The maximum atomic E-state index is 12.7. The van der Waals surface area contributed by atoms with Gasteiger partial charge in [0.05, 0.1) is 86.5 Å². The molecule has 426 valence electrons. The van der Waals surface area contributed by atoms with Crippen molar-refractivity contribution in [1.29, 1.82) is 0 Å². The predicted molar refractivity (Wildman–Crippen MR) is 292 cm³/mol. The number of esters is 2. The van der Waals surface area contributed by atoms with Gasteiger partial charge in [0, 0.05) is 39.3 Å². The van der Waals surface area contributed by atoms with Gasteiger partial charge in [0.1, 0.15) is 30.5 Å². The van der Waals surface area contributed by atoms with Gasteiger partial charge in [-0.25, -0.2) is 19.6 Å². The second kappa shape index (κ2) is 27.2. The average molecular weight is 1130 g/mol. The number of halogens is 2. The summed E-state index contributed by atoms with van der Waals surface area (Å²) in [5.74, 6) is 0.702. The number of nitro groups is 1. The molecule has 4 heterocycles. The van der Waals surface area contributed by atoms with Gasteiger partial charge in [-0.15, -0.1) is 0 Å². The number of rotatable bonds is 17. The molecule has 3 aliphatic rings. The Kier molecular flexibility index (Phi) is 20.6. The molecule has 3 fully saturated rings. The fraction of sp³-hybridized carbons (Fsp3) is 0.536. The molecule has 79 heavy (non-hydrogen) atoms. The lowest BCUT2D eigenvalue weighted by atomic mass is 9.87. The first kappa shape index (κ1) is 59.7. The van der Waals surface area contributed by atoms with Gasteiger partial charge >= 0.3 is 24.2 Å². The molecule has 8 rings (SSSR count). The van der Waals surface area contributed by atoms with E-state index < -0.39 is 11.1 Å². The fourth-order valence-electron chi connectivity index (χ4n) is 10.0. The Morgan fingerprint density at radius 2 is 1.13 bits per heavy atom. The van der Waals surface area contributed by atoms with Crippen LogP contribution in [0.4, 0.5) is 15.3 Å². The van der Waals surface area contributed by atoms with Crippen LogP contribution in [0.3, 0.4) is 0 Å². The topological polar surface area (TPSA) is 241 Å². The van der Waals surface area contributed by atoms with Crippen molar-refractivity contribution in [1.82, 2.24) is 34.4 Å². The van der Waals surface area contributed by atoms with Crippen molar-refractivity contribution in [2.45, 2.75) is 162 Å². The van der Waals surface area contributed by atoms with Gasteiger partial charge in [-0.2, -0.15) is 10.2 Å². The number of carbonyl (C=O) groups excluding carboxylic acids is 4. The molecule has 0 unspecified atom stereocenters. The molecule has 1 aromatic carbocycles. The summed E-state index contributed by atoms with van der Waals surface area (Å²) in [6, 6.07) is 12.5. The number of aryl methyl sites for hydroxylation is 4. The van der Waals surface area contributed by atoms with Gasteiger partial charge in [0.15, 0.2) is 10.3 Å². The van der Waals surface area contributed by atoms with E-state index in [0.29, 0.717) is 74.8 Å². The maximum Gasteiger partial charge on any atom is 0.514 e. The van der Waals surface area contributed by atoms with E-state index in [9.17, 15) is 29.3 Å². The van der Waals surface area contributed by atoms with E-state index in [2.05, 4.69) is 15.2 Å². The lowest BCUT2D eigenvalue weighted by Gasteiger charge is -2.29. The van der Waals surface area contributed by atoms with E-state index >= 15 is 0 Å². The Labute approximate surface area is 469 Å². The van der Waals surface area contributed by atoms with E-state index in [4.69, 9.17) is 61.3 Å². The number of carbonyl (C=O) groups is 4. The number of non-ortho nitro benzene ring substituents is 1. The number of hydrogen-bond donors (Lipinski definition) is 0. The van der Waals surface area contributed by atoms with Crippen LogP contribution in [0.2, 0.25) is 10.3 Å². The van der Waals surface area contributed by atoms with E-state index in [-0.39, 0.29) is 90.1 Å². The Balaban J connectivity index is 0.000000229. The van der Waals surface area contributed by atoms with Gasteiger partial charge < -0.3 is 38.1 Å². The summed E-state index contributed by atoms with van der Waals surface area (Å²) in [5.41, 5.74) is 4.61. The van der Waals surface area contributed by atoms with Crippen molar-refractivity contribution in [2.24, 2.45) is 25.9 Å². The number of ether oxygens (including phenoxy) is 7. The quantitative estimate of drug-likeness (QED) is 0.0276.